The first kappa shape index (κ1) is 18.5. The summed E-state index contributed by atoms with van der Waals surface area (Å²) < 4.78 is 1.83. The van der Waals surface area contributed by atoms with E-state index in [-0.39, 0.29) is 24.4 Å². The lowest BCUT2D eigenvalue weighted by Gasteiger charge is -2.14. The third-order valence-corrected chi connectivity index (χ3v) is 4.61. The van der Waals surface area contributed by atoms with Crippen molar-refractivity contribution in [1.82, 2.24) is 15.1 Å². The Morgan fingerprint density at radius 2 is 2.08 bits per heavy atom. The summed E-state index contributed by atoms with van der Waals surface area (Å²) in [6.07, 6.45) is 8.38. The van der Waals surface area contributed by atoms with Gasteiger partial charge in [-0.3, -0.25) is 4.79 Å². The molecular formula is C18H25ClN4O. The fourth-order valence-electron chi connectivity index (χ4n) is 3.21. The Hall–Kier alpha value is -1.85. The van der Waals surface area contributed by atoms with Crippen LogP contribution in [0.15, 0.2) is 42.7 Å². The summed E-state index contributed by atoms with van der Waals surface area (Å²) in [5.41, 5.74) is 8.26. The summed E-state index contributed by atoms with van der Waals surface area (Å²) in [5, 5.41) is 7.21. The van der Waals surface area contributed by atoms with Gasteiger partial charge in [-0.15, -0.1) is 12.4 Å². The van der Waals surface area contributed by atoms with Gasteiger partial charge in [-0.1, -0.05) is 18.6 Å². The SMILES string of the molecule is Cl.N[C@@H]1CCC[C@H]1CC(=O)NCCc1ccc(-n2cccn2)cc1. The van der Waals surface area contributed by atoms with Gasteiger partial charge in [-0.25, -0.2) is 4.68 Å². The first-order chi connectivity index (χ1) is 11.2. The number of hydrogen-bond donors (Lipinski definition) is 2. The highest BCUT2D eigenvalue weighted by Crippen LogP contribution is 2.26. The predicted molar refractivity (Wildman–Crippen MR) is 97.5 cm³/mol. The quantitative estimate of drug-likeness (QED) is 0.842. The molecule has 0 saturated heterocycles. The molecule has 1 aromatic carbocycles. The molecule has 1 saturated carbocycles. The van der Waals surface area contributed by atoms with E-state index in [1.165, 1.54) is 5.56 Å². The topological polar surface area (TPSA) is 72.9 Å². The Bertz CT molecular complexity index is 627. The summed E-state index contributed by atoms with van der Waals surface area (Å²) in [4.78, 5) is 12.0. The van der Waals surface area contributed by atoms with Gasteiger partial charge in [0, 0.05) is 31.4 Å². The van der Waals surface area contributed by atoms with E-state index in [1.807, 2.05) is 29.1 Å². The third-order valence-electron chi connectivity index (χ3n) is 4.61. The lowest BCUT2D eigenvalue weighted by atomic mass is 10.00. The predicted octanol–water partition coefficient (Wildman–Crippen LogP) is 2.47. The van der Waals surface area contributed by atoms with Crippen LogP contribution in [0, 0.1) is 5.92 Å². The molecule has 24 heavy (non-hydrogen) atoms. The van der Waals surface area contributed by atoms with E-state index in [0.29, 0.717) is 18.9 Å². The second kappa shape index (κ2) is 8.85. The molecule has 0 aliphatic heterocycles. The largest absolute Gasteiger partial charge is 0.356 e. The number of carbonyl (C=O) groups excluding carboxylic acids is 1. The highest BCUT2D eigenvalue weighted by Gasteiger charge is 2.25. The van der Waals surface area contributed by atoms with Gasteiger partial charge in [-0.2, -0.15) is 5.10 Å². The van der Waals surface area contributed by atoms with E-state index >= 15 is 0 Å². The monoisotopic (exact) mass is 348 g/mol. The summed E-state index contributed by atoms with van der Waals surface area (Å²) in [6, 6.07) is 10.4. The number of amides is 1. The Labute approximate surface area is 149 Å². The average Bonchev–Trinajstić information content (AvgIpc) is 3.21. The molecule has 1 aliphatic carbocycles. The molecule has 3 rings (SSSR count). The van der Waals surface area contributed by atoms with Crippen LogP contribution in [-0.4, -0.2) is 28.3 Å². The molecule has 2 aromatic rings. The van der Waals surface area contributed by atoms with Crippen LogP contribution in [-0.2, 0) is 11.2 Å². The molecule has 2 atom stereocenters. The van der Waals surface area contributed by atoms with Crippen LogP contribution in [0.5, 0.6) is 0 Å². The minimum atomic E-state index is 0. The van der Waals surface area contributed by atoms with Crippen molar-refractivity contribution in [2.24, 2.45) is 11.7 Å². The summed E-state index contributed by atoms with van der Waals surface area (Å²) in [7, 11) is 0. The highest BCUT2D eigenvalue weighted by molar-refractivity contribution is 5.85. The standard InChI is InChI=1S/C18H24N4O.ClH/c19-17-4-1-3-15(17)13-18(23)20-11-9-14-5-7-16(8-6-14)22-12-2-10-21-22;/h2,5-8,10,12,15,17H,1,3-4,9,11,13,19H2,(H,20,23);1H/t15-,17+;/m0./s1. The molecule has 1 amide bonds. The van der Waals surface area contributed by atoms with Crippen LogP contribution in [0.25, 0.3) is 5.69 Å². The molecule has 6 heteroatoms. The van der Waals surface area contributed by atoms with Gasteiger partial charge < -0.3 is 11.1 Å². The molecule has 5 nitrogen and oxygen atoms in total. The maximum atomic E-state index is 12.0. The van der Waals surface area contributed by atoms with Gasteiger partial charge in [0.1, 0.15) is 0 Å². The van der Waals surface area contributed by atoms with Gasteiger partial charge in [-0.05, 0) is 48.9 Å². The first-order valence-corrected chi connectivity index (χ1v) is 8.33. The van der Waals surface area contributed by atoms with Crippen molar-refractivity contribution < 1.29 is 4.79 Å². The maximum Gasteiger partial charge on any atom is 0.220 e. The molecule has 0 unspecified atom stereocenters. The van der Waals surface area contributed by atoms with E-state index in [9.17, 15) is 4.79 Å². The third kappa shape index (κ3) is 4.82. The van der Waals surface area contributed by atoms with Gasteiger partial charge >= 0.3 is 0 Å². The molecule has 0 spiro atoms. The minimum Gasteiger partial charge on any atom is -0.356 e. The van der Waals surface area contributed by atoms with Crippen LogP contribution in [0.4, 0.5) is 0 Å². The molecule has 1 aromatic heterocycles. The number of benzene rings is 1. The number of rotatable bonds is 6. The number of aromatic nitrogens is 2. The van der Waals surface area contributed by atoms with Crippen LogP contribution < -0.4 is 11.1 Å². The molecule has 0 radical (unpaired) electrons. The van der Waals surface area contributed by atoms with E-state index < -0.39 is 0 Å². The Balaban J connectivity index is 0.00000208. The van der Waals surface area contributed by atoms with Crippen LogP contribution in [0.2, 0.25) is 0 Å². The minimum absolute atomic E-state index is 0. The summed E-state index contributed by atoms with van der Waals surface area (Å²) >= 11 is 0. The fraction of sp³-hybridized carbons (Fsp3) is 0.444. The fourth-order valence-corrected chi connectivity index (χ4v) is 3.21. The zero-order chi connectivity index (χ0) is 16.1. The molecular weight excluding hydrogens is 324 g/mol. The van der Waals surface area contributed by atoms with Crippen molar-refractivity contribution in [2.75, 3.05) is 6.54 Å². The number of hydrogen-bond acceptors (Lipinski definition) is 3. The summed E-state index contributed by atoms with van der Waals surface area (Å²) in [6.45, 7) is 0.669. The normalized spacial score (nSPS) is 19.7. The van der Waals surface area contributed by atoms with Crippen molar-refractivity contribution in [1.29, 1.82) is 0 Å². The van der Waals surface area contributed by atoms with Gasteiger partial charge in [0.25, 0.3) is 0 Å². The van der Waals surface area contributed by atoms with E-state index in [0.717, 1.165) is 31.4 Å². The van der Waals surface area contributed by atoms with Gasteiger partial charge in [0.05, 0.1) is 5.69 Å². The highest BCUT2D eigenvalue weighted by atomic mass is 35.5. The maximum absolute atomic E-state index is 12.0. The molecule has 1 fully saturated rings. The smallest absolute Gasteiger partial charge is 0.220 e. The molecule has 0 bridgehead atoms. The first-order valence-electron chi connectivity index (χ1n) is 8.33. The zero-order valence-corrected chi connectivity index (χ0v) is 14.5. The van der Waals surface area contributed by atoms with Gasteiger partial charge in [0.2, 0.25) is 5.91 Å². The molecule has 3 N–H and O–H groups in total. The average molecular weight is 349 g/mol. The second-order valence-electron chi connectivity index (χ2n) is 6.28. The number of nitrogens with two attached hydrogens (primary N) is 1. The zero-order valence-electron chi connectivity index (χ0n) is 13.7. The molecule has 1 aliphatic rings. The van der Waals surface area contributed by atoms with Crippen molar-refractivity contribution in [3.63, 3.8) is 0 Å². The van der Waals surface area contributed by atoms with E-state index in [2.05, 4.69) is 22.5 Å². The second-order valence-corrected chi connectivity index (χ2v) is 6.28. The van der Waals surface area contributed by atoms with Crippen LogP contribution in [0.3, 0.4) is 0 Å². The Morgan fingerprint density at radius 3 is 2.71 bits per heavy atom. The number of nitrogens with zero attached hydrogens (tertiary/aromatic N) is 2. The number of nitrogens with one attached hydrogen (secondary N) is 1. The van der Waals surface area contributed by atoms with E-state index in [1.54, 1.807) is 6.20 Å². The van der Waals surface area contributed by atoms with Gasteiger partial charge in [0.15, 0.2) is 0 Å². The Kier molecular flexibility index (Phi) is 6.82. The molecule has 130 valence electrons. The van der Waals surface area contributed by atoms with Crippen molar-refractivity contribution in [3.8, 4) is 5.69 Å². The number of halogens is 1. The molecule has 1 heterocycles. The van der Waals surface area contributed by atoms with E-state index in [4.69, 9.17) is 5.73 Å². The lowest BCUT2D eigenvalue weighted by Crippen LogP contribution is -2.32. The Morgan fingerprint density at radius 1 is 1.29 bits per heavy atom. The number of carbonyl (C=O) groups is 1. The van der Waals surface area contributed by atoms with Crippen LogP contribution >= 0.6 is 12.4 Å². The lowest BCUT2D eigenvalue weighted by molar-refractivity contribution is -0.122. The summed E-state index contributed by atoms with van der Waals surface area (Å²) in [5.74, 6) is 0.490. The van der Waals surface area contributed by atoms with Crippen LogP contribution in [0.1, 0.15) is 31.2 Å². The van der Waals surface area contributed by atoms with Crippen molar-refractivity contribution in [3.05, 3.63) is 48.3 Å². The van der Waals surface area contributed by atoms with Crippen molar-refractivity contribution >= 4 is 18.3 Å². The van der Waals surface area contributed by atoms with Crippen molar-refractivity contribution in [2.45, 2.75) is 38.1 Å².